The third kappa shape index (κ3) is 2.16. The Labute approximate surface area is 105 Å². The maximum Gasteiger partial charge on any atom is 0.146 e. The van der Waals surface area contributed by atoms with Gasteiger partial charge in [-0.25, -0.2) is 4.39 Å². The van der Waals surface area contributed by atoms with Crippen LogP contribution in [-0.2, 0) is 0 Å². The molecule has 2 N–H and O–H groups in total. The molecule has 1 saturated carbocycles. The molecule has 1 fully saturated rings. The molecule has 3 heteroatoms. The van der Waals surface area contributed by atoms with Crippen molar-refractivity contribution in [1.29, 1.82) is 0 Å². The van der Waals surface area contributed by atoms with Crippen LogP contribution in [0.4, 0.5) is 10.1 Å². The van der Waals surface area contributed by atoms with Gasteiger partial charge in [-0.15, -0.1) is 0 Å². The summed E-state index contributed by atoms with van der Waals surface area (Å²) in [6, 6.07) is 12.5. The largest absolute Gasteiger partial charge is 0.490 e. The summed E-state index contributed by atoms with van der Waals surface area (Å²) >= 11 is 0. The third-order valence-electron chi connectivity index (χ3n) is 3.05. The van der Waals surface area contributed by atoms with Crippen molar-refractivity contribution in [3.63, 3.8) is 0 Å². The number of anilines is 1. The van der Waals surface area contributed by atoms with E-state index in [-0.39, 0.29) is 11.5 Å². The van der Waals surface area contributed by atoms with Gasteiger partial charge in [-0.05, 0) is 36.6 Å². The zero-order valence-corrected chi connectivity index (χ0v) is 9.90. The van der Waals surface area contributed by atoms with Crippen LogP contribution in [-0.4, -0.2) is 6.10 Å². The normalized spacial score (nSPS) is 14.5. The van der Waals surface area contributed by atoms with Crippen LogP contribution in [0.5, 0.6) is 5.75 Å². The topological polar surface area (TPSA) is 35.2 Å². The fourth-order valence-corrected chi connectivity index (χ4v) is 1.88. The Bertz CT molecular complexity index is 561. The van der Waals surface area contributed by atoms with Crippen LogP contribution >= 0.6 is 0 Å². The highest BCUT2D eigenvalue weighted by molar-refractivity contribution is 5.76. The van der Waals surface area contributed by atoms with E-state index in [4.69, 9.17) is 10.5 Å². The van der Waals surface area contributed by atoms with E-state index in [1.165, 1.54) is 6.07 Å². The fourth-order valence-electron chi connectivity index (χ4n) is 1.88. The van der Waals surface area contributed by atoms with Crippen molar-refractivity contribution in [2.75, 3.05) is 5.73 Å². The zero-order valence-electron chi connectivity index (χ0n) is 9.90. The summed E-state index contributed by atoms with van der Waals surface area (Å²) in [5.74, 6) is 0.474. The Hall–Kier alpha value is -2.03. The number of rotatable bonds is 3. The predicted molar refractivity (Wildman–Crippen MR) is 69.9 cm³/mol. The second-order valence-corrected chi connectivity index (χ2v) is 4.54. The Morgan fingerprint density at radius 3 is 2.44 bits per heavy atom. The maximum absolute atomic E-state index is 13.4. The first kappa shape index (κ1) is 11.1. The smallest absolute Gasteiger partial charge is 0.146 e. The van der Waals surface area contributed by atoms with Gasteiger partial charge in [-0.2, -0.15) is 0 Å². The van der Waals surface area contributed by atoms with E-state index in [0.29, 0.717) is 11.7 Å². The lowest BCUT2D eigenvalue weighted by Crippen LogP contribution is -1.96. The molecule has 3 rings (SSSR count). The number of hydrogen-bond acceptors (Lipinski definition) is 2. The molecule has 0 saturated heterocycles. The number of benzene rings is 2. The Morgan fingerprint density at radius 1 is 1.06 bits per heavy atom. The zero-order chi connectivity index (χ0) is 12.5. The van der Waals surface area contributed by atoms with E-state index in [2.05, 4.69) is 0 Å². The van der Waals surface area contributed by atoms with Gasteiger partial charge in [0.1, 0.15) is 11.6 Å². The first-order chi connectivity index (χ1) is 8.74. The molecule has 0 amide bonds. The van der Waals surface area contributed by atoms with Gasteiger partial charge in [0.25, 0.3) is 0 Å². The highest BCUT2D eigenvalue weighted by Gasteiger charge is 2.23. The average Bonchev–Trinajstić information content (AvgIpc) is 3.18. The molecule has 2 aromatic rings. The molecule has 0 aromatic heterocycles. The van der Waals surface area contributed by atoms with Crippen LogP contribution in [0.1, 0.15) is 12.8 Å². The lowest BCUT2D eigenvalue weighted by atomic mass is 10.0. The van der Waals surface area contributed by atoms with E-state index in [0.717, 1.165) is 24.2 Å². The van der Waals surface area contributed by atoms with Gasteiger partial charge in [0, 0.05) is 5.56 Å². The van der Waals surface area contributed by atoms with E-state index >= 15 is 0 Å². The van der Waals surface area contributed by atoms with Crippen molar-refractivity contribution >= 4 is 5.69 Å². The molecule has 92 valence electrons. The van der Waals surface area contributed by atoms with Gasteiger partial charge >= 0.3 is 0 Å². The Morgan fingerprint density at radius 2 is 1.78 bits per heavy atom. The number of ether oxygens (including phenoxy) is 1. The minimum absolute atomic E-state index is 0.188. The summed E-state index contributed by atoms with van der Waals surface area (Å²) < 4.78 is 19.0. The fraction of sp³-hybridized carbons (Fsp3) is 0.200. The molecule has 0 spiro atoms. The lowest BCUT2D eigenvalue weighted by molar-refractivity contribution is 0.303. The van der Waals surface area contributed by atoms with Crippen LogP contribution in [0.3, 0.4) is 0 Å². The van der Waals surface area contributed by atoms with Crippen molar-refractivity contribution in [2.24, 2.45) is 0 Å². The second kappa shape index (κ2) is 4.33. The van der Waals surface area contributed by atoms with Crippen LogP contribution in [0.2, 0.25) is 0 Å². The number of hydrogen-bond donors (Lipinski definition) is 1. The summed E-state index contributed by atoms with van der Waals surface area (Å²) in [5, 5.41) is 0. The molecule has 1 aliphatic carbocycles. The van der Waals surface area contributed by atoms with E-state index in [9.17, 15) is 4.39 Å². The maximum atomic E-state index is 13.4. The molecule has 0 heterocycles. The molecule has 1 aliphatic rings. The molecular weight excluding hydrogens is 229 g/mol. The standard InChI is InChI=1S/C15H14FNO/c16-14-3-1-2-13(15(14)17)10-4-6-11(7-5-10)18-12-8-9-12/h1-7,12H,8-9,17H2. The van der Waals surface area contributed by atoms with E-state index in [1.807, 2.05) is 30.3 Å². The second-order valence-electron chi connectivity index (χ2n) is 4.54. The van der Waals surface area contributed by atoms with Crippen LogP contribution in [0.25, 0.3) is 11.1 Å². The highest BCUT2D eigenvalue weighted by Crippen LogP contribution is 2.31. The van der Waals surface area contributed by atoms with Gasteiger partial charge in [-0.1, -0.05) is 24.3 Å². The first-order valence-electron chi connectivity index (χ1n) is 6.05. The van der Waals surface area contributed by atoms with Crippen LogP contribution in [0.15, 0.2) is 42.5 Å². The average molecular weight is 243 g/mol. The molecule has 0 radical (unpaired) electrons. The minimum Gasteiger partial charge on any atom is -0.490 e. The SMILES string of the molecule is Nc1c(F)cccc1-c1ccc(OC2CC2)cc1. The number of halogens is 1. The molecule has 0 atom stereocenters. The van der Waals surface area contributed by atoms with Crippen LogP contribution in [0, 0.1) is 5.82 Å². The van der Waals surface area contributed by atoms with Crippen molar-refractivity contribution in [1.82, 2.24) is 0 Å². The Balaban J connectivity index is 1.89. The molecule has 2 aromatic carbocycles. The molecule has 0 unspecified atom stereocenters. The van der Waals surface area contributed by atoms with Crippen molar-refractivity contribution < 1.29 is 9.13 Å². The quantitative estimate of drug-likeness (QED) is 0.836. The molecular formula is C15H14FNO. The van der Waals surface area contributed by atoms with Gasteiger partial charge in [0.15, 0.2) is 0 Å². The molecule has 0 aliphatic heterocycles. The summed E-state index contributed by atoms with van der Waals surface area (Å²) in [4.78, 5) is 0. The van der Waals surface area contributed by atoms with Crippen molar-refractivity contribution in [2.45, 2.75) is 18.9 Å². The predicted octanol–water partition coefficient (Wildman–Crippen LogP) is 3.62. The lowest BCUT2D eigenvalue weighted by Gasteiger charge is -2.08. The number of para-hydroxylation sites is 1. The van der Waals surface area contributed by atoms with Gasteiger partial charge < -0.3 is 10.5 Å². The first-order valence-corrected chi connectivity index (χ1v) is 6.05. The third-order valence-corrected chi connectivity index (χ3v) is 3.05. The summed E-state index contributed by atoms with van der Waals surface area (Å²) in [5.41, 5.74) is 7.54. The van der Waals surface area contributed by atoms with Gasteiger partial charge in [-0.3, -0.25) is 0 Å². The summed E-state index contributed by atoms with van der Waals surface area (Å²) in [7, 11) is 0. The van der Waals surface area contributed by atoms with Gasteiger partial charge in [0.05, 0.1) is 11.8 Å². The minimum atomic E-state index is -0.384. The molecule has 0 bridgehead atoms. The summed E-state index contributed by atoms with van der Waals surface area (Å²) in [6.45, 7) is 0. The van der Waals surface area contributed by atoms with E-state index in [1.54, 1.807) is 6.07 Å². The van der Waals surface area contributed by atoms with Crippen molar-refractivity contribution in [3.05, 3.63) is 48.3 Å². The number of nitrogen functional groups attached to an aromatic ring is 1. The monoisotopic (exact) mass is 243 g/mol. The molecule has 2 nitrogen and oxygen atoms in total. The van der Waals surface area contributed by atoms with Crippen molar-refractivity contribution in [3.8, 4) is 16.9 Å². The highest BCUT2D eigenvalue weighted by atomic mass is 19.1. The van der Waals surface area contributed by atoms with Gasteiger partial charge in [0.2, 0.25) is 0 Å². The van der Waals surface area contributed by atoms with E-state index < -0.39 is 0 Å². The molecule has 18 heavy (non-hydrogen) atoms. The Kier molecular flexibility index (Phi) is 2.67. The van der Waals surface area contributed by atoms with Crippen LogP contribution < -0.4 is 10.5 Å². The number of nitrogens with two attached hydrogens (primary N) is 1. The summed E-state index contributed by atoms with van der Waals surface area (Å²) in [6.07, 6.45) is 2.66.